The summed E-state index contributed by atoms with van der Waals surface area (Å²) in [5, 5.41) is 21.2. The minimum Gasteiger partial charge on any atom is -0.0590 e. The third kappa shape index (κ3) is 5.64. The van der Waals surface area contributed by atoms with E-state index in [9.17, 15) is 0 Å². The summed E-state index contributed by atoms with van der Waals surface area (Å²) >= 11 is 0. The van der Waals surface area contributed by atoms with E-state index < -0.39 is 0 Å². The van der Waals surface area contributed by atoms with E-state index in [1.54, 1.807) is 0 Å². The topological polar surface area (TPSA) is 0 Å². The zero-order chi connectivity index (χ0) is 44.9. The van der Waals surface area contributed by atoms with Crippen molar-refractivity contribution in [1.82, 2.24) is 0 Å². The van der Waals surface area contributed by atoms with Crippen LogP contribution in [-0.4, -0.2) is 0 Å². The van der Waals surface area contributed by atoms with E-state index in [4.69, 9.17) is 0 Å². The molecule has 0 amide bonds. The van der Waals surface area contributed by atoms with Crippen molar-refractivity contribution in [2.45, 2.75) is 55.4 Å². The van der Waals surface area contributed by atoms with E-state index in [1.165, 1.54) is 175 Å². The van der Waals surface area contributed by atoms with Gasteiger partial charge >= 0.3 is 0 Å². The molecular weight excluding hydrogens is 793 g/mol. The minimum absolute atomic E-state index is 1.27. The van der Waals surface area contributed by atoms with E-state index in [0.29, 0.717) is 0 Å². The van der Waals surface area contributed by atoms with Crippen molar-refractivity contribution in [1.29, 1.82) is 0 Å². The van der Waals surface area contributed by atoms with Gasteiger partial charge in [-0.2, -0.15) is 0 Å². The fraction of sp³-hybridized carbons (Fsp3) is 0.121. The lowest BCUT2D eigenvalue weighted by Crippen LogP contribution is -1.89. The SMILES string of the molecule is Cc1ccc(C)c(-c2ccc3c(c2)c2cc(-c4cc(C)ccc4C)cc4c5ccc6c(cc7c8ccc(-c9cc(C)ccc9C)cc8c8cc(-c9cc(C)ccc9C)cc6c87)c5cc3c42)c1. The Morgan fingerprint density at radius 1 is 0.182 bits per heavy atom. The molecular formula is C66H50. The molecule has 0 aliphatic heterocycles. The van der Waals surface area contributed by atoms with E-state index in [2.05, 4.69) is 213 Å². The summed E-state index contributed by atoms with van der Waals surface area (Å²) < 4.78 is 0. The van der Waals surface area contributed by atoms with Crippen molar-refractivity contribution in [3.8, 4) is 44.5 Å². The number of benzene rings is 11. The van der Waals surface area contributed by atoms with Gasteiger partial charge in [-0.3, -0.25) is 0 Å². The summed E-state index contributed by atoms with van der Waals surface area (Å²) in [5.74, 6) is 0. The molecule has 0 aliphatic rings. The third-order valence-electron chi connectivity index (χ3n) is 15.3. The summed E-state index contributed by atoms with van der Waals surface area (Å²) in [6.07, 6.45) is 0. The maximum Gasteiger partial charge on any atom is -0.00195 e. The highest BCUT2D eigenvalue weighted by atomic mass is 14.3. The van der Waals surface area contributed by atoms with Crippen LogP contribution < -0.4 is 0 Å². The van der Waals surface area contributed by atoms with Gasteiger partial charge in [-0.25, -0.2) is 0 Å². The Morgan fingerprint density at radius 2 is 0.424 bits per heavy atom. The van der Waals surface area contributed by atoms with Gasteiger partial charge in [0.25, 0.3) is 0 Å². The zero-order valence-electron chi connectivity index (χ0n) is 39.0. The molecule has 0 heteroatoms. The first kappa shape index (κ1) is 38.9. The maximum absolute atomic E-state index is 2.54. The first-order valence-electron chi connectivity index (χ1n) is 23.6. The predicted molar refractivity (Wildman–Crippen MR) is 289 cm³/mol. The second-order valence-electron chi connectivity index (χ2n) is 19.8. The normalized spacial score (nSPS) is 12.2. The van der Waals surface area contributed by atoms with Crippen molar-refractivity contribution >= 4 is 86.2 Å². The van der Waals surface area contributed by atoms with Crippen LogP contribution in [-0.2, 0) is 0 Å². The Bertz CT molecular complexity index is 3960. The van der Waals surface area contributed by atoms with Gasteiger partial charge < -0.3 is 0 Å². The number of hydrogen-bond acceptors (Lipinski definition) is 0. The molecule has 0 bridgehead atoms. The molecule has 66 heavy (non-hydrogen) atoms. The fourth-order valence-electron chi connectivity index (χ4n) is 11.8. The molecule has 0 heterocycles. The first-order valence-corrected chi connectivity index (χ1v) is 23.6. The average molecular weight is 843 g/mol. The maximum atomic E-state index is 2.54. The monoisotopic (exact) mass is 842 g/mol. The smallest absolute Gasteiger partial charge is 0.00195 e. The van der Waals surface area contributed by atoms with E-state index in [1.807, 2.05) is 0 Å². The van der Waals surface area contributed by atoms with Crippen molar-refractivity contribution in [2.75, 3.05) is 0 Å². The van der Waals surface area contributed by atoms with Crippen molar-refractivity contribution in [3.63, 3.8) is 0 Å². The molecule has 0 aliphatic carbocycles. The van der Waals surface area contributed by atoms with Crippen LogP contribution in [0.15, 0.2) is 158 Å². The largest absolute Gasteiger partial charge is 0.0590 e. The van der Waals surface area contributed by atoms with Crippen LogP contribution in [0.5, 0.6) is 0 Å². The lowest BCUT2D eigenvalue weighted by atomic mass is 9.88. The number of aryl methyl sites for hydroxylation is 8. The number of hydrogen-bond donors (Lipinski definition) is 0. The molecule has 0 aromatic heterocycles. The highest BCUT2D eigenvalue weighted by Gasteiger charge is 2.22. The molecule has 13 rings (SSSR count). The zero-order valence-corrected chi connectivity index (χ0v) is 39.0. The molecule has 0 saturated heterocycles. The molecule has 0 radical (unpaired) electrons. The van der Waals surface area contributed by atoms with Crippen LogP contribution in [0.1, 0.15) is 44.5 Å². The molecule has 13 aromatic rings. The Hall–Kier alpha value is -7.54. The van der Waals surface area contributed by atoms with Crippen LogP contribution in [0.3, 0.4) is 0 Å². The molecule has 0 fully saturated rings. The lowest BCUT2D eigenvalue weighted by molar-refractivity contribution is 1.39. The molecule has 0 unspecified atom stereocenters. The highest BCUT2D eigenvalue weighted by Crippen LogP contribution is 2.50. The summed E-state index contributed by atoms with van der Waals surface area (Å²) in [4.78, 5) is 0. The molecule has 0 atom stereocenters. The Kier molecular flexibility index (Phi) is 8.24. The molecule has 0 spiro atoms. The average Bonchev–Trinajstić information content (AvgIpc) is 3.81. The lowest BCUT2D eigenvalue weighted by Gasteiger charge is -2.15. The fourth-order valence-corrected chi connectivity index (χ4v) is 11.8. The number of fused-ring (bicyclic) bond motifs is 11. The molecule has 0 nitrogen and oxygen atoms in total. The van der Waals surface area contributed by atoms with Gasteiger partial charge in [0.05, 0.1) is 0 Å². The molecule has 13 aromatic carbocycles. The Balaban J connectivity index is 1.18. The van der Waals surface area contributed by atoms with Gasteiger partial charge in [0.1, 0.15) is 0 Å². The summed E-state index contributed by atoms with van der Waals surface area (Å²) in [5.41, 5.74) is 20.6. The summed E-state index contributed by atoms with van der Waals surface area (Å²) in [7, 11) is 0. The van der Waals surface area contributed by atoms with Gasteiger partial charge in [-0.05, 0) is 257 Å². The van der Waals surface area contributed by atoms with Crippen LogP contribution in [0.25, 0.3) is 131 Å². The van der Waals surface area contributed by atoms with Crippen LogP contribution >= 0.6 is 0 Å². The minimum atomic E-state index is 1.27. The van der Waals surface area contributed by atoms with Crippen molar-refractivity contribution in [2.24, 2.45) is 0 Å². The highest BCUT2D eigenvalue weighted by molar-refractivity contribution is 6.41. The Labute approximate surface area is 386 Å². The standard InChI is InChI=1S/C66H50/c1-35-9-13-39(5)51(23-35)43-17-19-47-55(27-43)61-31-45(53-25-37(3)11-15-41(53)7)29-59-49-21-22-50-58(57(49)33-63(47)65(59)61)34-64-48-20-18-44(52-24-36(2)10-14-40(52)6)28-56(48)62-32-46(30-60(50)66(62)64)54-26-38(4)12-16-42(54)8/h9-34H,1-8H3. The first-order chi connectivity index (χ1) is 32.0. The second kappa shape index (κ2) is 14.0. The van der Waals surface area contributed by atoms with E-state index in [-0.39, 0.29) is 0 Å². The van der Waals surface area contributed by atoms with E-state index in [0.717, 1.165) is 0 Å². The van der Waals surface area contributed by atoms with Crippen molar-refractivity contribution in [3.05, 3.63) is 202 Å². The predicted octanol–water partition coefficient (Wildman–Crippen LogP) is 18.9. The van der Waals surface area contributed by atoms with Gasteiger partial charge in [-0.1, -0.05) is 131 Å². The van der Waals surface area contributed by atoms with Gasteiger partial charge in [0, 0.05) is 0 Å². The van der Waals surface area contributed by atoms with Crippen LogP contribution in [0.4, 0.5) is 0 Å². The number of rotatable bonds is 4. The van der Waals surface area contributed by atoms with Crippen molar-refractivity contribution < 1.29 is 0 Å². The third-order valence-corrected chi connectivity index (χ3v) is 15.3. The summed E-state index contributed by atoms with van der Waals surface area (Å²) in [6, 6.07) is 61.8. The van der Waals surface area contributed by atoms with Gasteiger partial charge in [-0.15, -0.1) is 0 Å². The quantitative estimate of drug-likeness (QED) is 0.155. The van der Waals surface area contributed by atoms with Gasteiger partial charge in [0.2, 0.25) is 0 Å². The molecule has 0 saturated carbocycles. The summed E-state index contributed by atoms with van der Waals surface area (Å²) in [6.45, 7) is 17.8. The molecule has 314 valence electrons. The van der Waals surface area contributed by atoms with Crippen LogP contribution in [0, 0.1) is 55.4 Å². The van der Waals surface area contributed by atoms with E-state index >= 15 is 0 Å². The second-order valence-corrected chi connectivity index (χ2v) is 19.8. The molecule has 0 N–H and O–H groups in total. The van der Waals surface area contributed by atoms with Gasteiger partial charge in [0.15, 0.2) is 0 Å². The van der Waals surface area contributed by atoms with Crippen LogP contribution in [0.2, 0.25) is 0 Å². The Morgan fingerprint density at radius 3 is 0.758 bits per heavy atom.